The Morgan fingerprint density at radius 1 is 0.960 bits per heavy atom. The number of rotatable bonds is 4. The molecule has 0 aromatic heterocycles. The Bertz CT molecular complexity index is 621. The minimum Gasteiger partial charge on any atom is -0.340 e. The molecule has 1 saturated carbocycles. The van der Waals surface area contributed by atoms with E-state index >= 15 is 0 Å². The molecule has 2 aliphatic heterocycles. The summed E-state index contributed by atoms with van der Waals surface area (Å²) in [4.78, 5) is 31.5. The van der Waals surface area contributed by atoms with Gasteiger partial charge in [-0.1, -0.05) is 30.3 Å². The fourth-order valence-corrected chi connectivity index (χ4v) is 4.06. The van der Waals surface area contributed by atoms with Crippen LogP contribution in [-0.2, 0) is 16.1 Å². The fourth-order valence-electron chi connectivity index (χ4n) is 4.06. The zero-order valence-corrected chi connectivity index (χ0v) is 14.8. The average Bonchev–Trinajstić information content (AvgIpc) is 3.49. The lowest BCUT2D eigenvalue weighted by molar-refractivity contribution is -0.143. The van der Waals surface area contributed by atoms with Crippen molar-refractivity contribution >= 4 is 11.8 Å². The first-order valence-corrected chi connectivity index (χ1v) is 9.58. The van der Waals surface area contributed by atoms with E-state index in [-0.39, 0.29) is 11.9 Å². The molecule has 1 aliphatic carbocycles. The van der Waals surface area contributed by atoms with E-state index in [2.05, 4.69) is 17.0 Å². The smallest absolute Gasteiger partial charge is 0.240 e. The van der Waals surface area contributed by atoms with Crippen LogP contribution in [0.5, 0.6) is 0 Å². The molecule has 1 atom stereocenters. The van der Waals surface area contributed by atoms with Gasteiger partial charge in [0.15, 0.2) is 0 Å². The molecule has 1 aromatic rings. The second-order valence-corrected chi connectivity index (χ2v) is 7.54. The second kappa shape index (κ2) is 7.16. The number of hydrogen-bond donors (Lipinski definition) is 0. The third kappa shape index (κ3) is 3.71. The van der Waals surface area contributed by atoms with E-state index in [1.807, 2.05) is 28.0 Å². The standard InChI is InChI=1S/C20H27N3O2/c24-19(17-8-9-17)22-13-11-21(12-14-22)18-7-4-10-23(20(18)25)15-16-5-2-1-3-6-16/h1-3,5-6,17-18H,4,7-15H2. The minimum absolute atomic E-state index is 0.00404. The first-order valence-electron chi connectivity index (χ1n) is 9.58. The van der Waals surface area contributed by atoms with E-state index in [1.165, 1.54) is 5.56 Å². The van der Waals surface area contributed by atoms with Crippen LogP contribution in [0.4, 0.5) is 0 Å². The van der Waals surface area contributed by atoms with Crippen molar-refractivity contribution in [2.24, 2.45) is 5.92 Å². The minimum atomic E-state index is -0.00404. The molecule has 4 rings (SSSR count). The molecule has 5 heteroatoms. The molecule has 2 amide bonds. The zero-order chi connectivity index (χ0) is 17.2. The number of carbonyl (C=O) groups excluding carboxylic acids is 2. The van der Waals surface area contributed by atoms with E-state index in [0.717, 1.165) is 58.4 Å². The number of carbonyl (C=O) groups is 2. The summed E-state index contributed by atoms with van der Waals surface area (Å²) in [6.07, 6.45) is 4.13. The molecule has 2 heterocycles. The van der Waals surface area contributed by atoms with Crippen molar-refractivity contribution in [3.63, 3.8) is 0 Å². The molecular weight excluding hydrogens is 314 g/mol. The maximum Gasteiger partial charge on any atom is 0.240 e. The van der Waals surface area contributed by atoms with Crippen molar-refractivity contribution < 1.29 is 9.59 Å². The largest absolute Gasteiger partial charge is 0.340 e. The predicted octanol–water partition coefficient (Wildman–Crippen LogP) is 1.73. The van der Waals surface area contributed by atoms with Crippen molar-refractivity contribution in [2.75, 3.05) is 32.7 Å². The van der Waals surface area contributed by atoms with Crippen LogP contribution in [0.15, 0.2) is 30.3 Å². The Kier molecular flexibility index (Phi) is 4.75. The van der Waals surface area contributed by atoms with Gasteiger partial charge in [0.1, 0.15) is 0 Å². The Morgan fingerprint density at radius 3 is 2.36 bits per heavy atom. The lowest BCUT2D eigenvalue weighted by Gasteiger charge is -2.42. The van der Waals surface area contributed by atoms with Gasteiger partial charge in [0.25, 0.3) is 0 Å². The quantitative estimate of drug-likeness (QED) is 0.838. The van der Waals surface area contributed by atoms with Crippen molar-refractivity contribution in [3.05, 3.63) is 35.9 Å². The third-order valence-electron chi connectivity index (χ3n) is 5.71. The van der Waals surface area contributed by atoms with Gasteiger partial charge in [0, 0.05) is 45.2 Å². The summed E-state index contributed by atoms with van der Waals surface area (Å²) < 4.78 is 0. The van der Waals surface area contributed by atoms with Crippen LogP contribution in [0.25, 0.3) is 0 Å². The number of amides is 2. The van der Waals surface area contributed by atoms with Crippen LogP contribution in [0.1, 0.15) is 31.2 Å². The first-order chi connectivity index (χ1) is 12.2. The Labute approximate surface area is 149 Å². The van der Waals surface area contributed by atoms with Crippen molar-refractivity contribution in [3.8, 4) is 0 Å². The molecule has 1 unspecified atom stereocenters. The number of likely N-dealkylation sites (tertiary alicyclic amines) is 1. The molecule has 25 heavy (non-hydrogen) atoms. The van der Waals surface area contributed by atoms with Gasteiger partial charge in [-0.3, -0.25) is 14.5 Å². The number of benzene rings is 1. The molecule has 134 valence electrons. The summed E-state index contributed by atoms with van der Waals surface area (Å²) >= 11 is 0. The van der Waals surface area contributed by atoms with Crippen molar-refractivity contribution in [2.45, 2.75) is 38.3 Å². The maximum absolute atomic E-state index is 13.0. The van der Waals surface area contributed by atoms with Gasteiger partial charge in [0.05, 0.1) is 6.04 Å². The van der Waals surface area contributed by atoms with Gasteiger partial charge in [-0.15, -0.1) is 0 Å². The summed E-state index contributed by atoms with van der Waals surface area (Å²) in [6.45, 7) is 4.76. The Morgan fingerprint density at radius 2 is 1.68 bits per heavy atom. The molecule has 3 fully saturated rings. The molecule has 0 bridgehead atoms. The van der Waals surface area contributed by atoms with Gasteiger partial charge in [-0.05, 0) is 31.2 Å². The summed E-state index contributed by atoms with van der Waals surface area (Å²) in [6, 6.07) is 10.2. The van der Waals surface area contributed by atoms with Gasteiger partial charge >= 0.3 is 0 Å². The third-order valence-corrected chi connectivity index (χ3v) is 5.71. The van der Waals surface area contributed by atoms with Crippen LogP contribution in [0.3, 0.4) is 0 Å². The number of piperazine rings is 1. The second-order valence-electron chi connectivity index (χ2n) is 7.54. The zero-order valence-electron chi connectivity index (χ0n) is 14.8. The highest BCUT2D eigenvalue weighted by Gasteiger charge is 2.38. The molecule has 0 spiro atoms. The normalized spacial score (nSPS) is 25.3. The van der Waals surface area contributed by atoms with Crippen molar-refractivity contribution in [1.82, 2.24) is 14.7 Å². The van der Waals surface area contributed by atoms with Gasteiger partial charge in [-0.25, -0.2) is 0 Å². The lowest BCUT2D eigenvalue weighted by atomic mass is 10.0. The molecule has 5 nitrogen and oxygen atoms in total. The molecule has 0 radical (unpaired) electrons. The average molecular weight is 341 g/mol. The fraction of sp³-hybridized carbons (Fsp3) is 0.600. The van der Waals surface area contributed by atoms with E-state index in [0.29, 0.717) is 18.4 Å². The Balaban J connectivity index is 1.34. The molecule has 1 aromatic carbocycles. The molecular formula is C20H27N3O2. The van der Waals surface area contributed by atoms with Crippen molar-refractivity contribution in [1.29, 1.82) is 0 Å². The van der Waals surface area contributed by atoms with E-state index < -0.39 is 0 Å². The maximum atomic E-state index is 13.0. The van der Waals surface area contributed by atoms with Crippen LogP contribution in [0.2, 0.25) is 0 Å². The van der Waals surface area contributed by atoms with Gasteiger partial charge in [-0.2, -0.15) is 0 Å². The van der Waals surface area contributed by atoms with Gasteiger partial charge < -0.3 is 9.80 Å². The Hall–Kier alpha value is -1.88. The lowest BCUT2D eigenvalue weighted by Crippen LogP contribution is -2.58. The predicted molar refractivity (Wildman–Crippen MR) is 95.8 cm³/mol. The SMILES string of the molecule is O=C(C1CC1)N1CCN(C2CCCN(Cc3ccccc3)C2=O)CC1. The van der Waals surface area contributed by atoms with E-state index in [1.54, 1.807) is 0 Å². The summed E-state index contributed by atoms with van der Waals surface area (Å²) in [5.41, 5.74) is 1.19. The summed E-state index contributed by atoms with van der Waals surface area (Å²) in [7, 11) is 0. The highest BCUT2D eigenvalue weighted by Crippen LogP contribution is 2.31. The first kappa shape index (κ1) is 16.6. The molecule has 3 aliphatic rings. The van der Waals surface area contributed by atoms with Crippen LogP contribution in [0, 0.1) is 5.92 Å². The molecule has 0 N–H and O–H groups in total. The van der Waals surface area contributed by atoms with Crippen LogP contribution < -0.4 is 0 Å². The number of hydrogen-bond acceptors (Lipinski definition) is 3. The highest BCUT2D eigenvalue weighted by atomic mass is 16.2. The monoisotopic (exact) mass is 341 g/mol. The highest BCUT2D eigenvalue weighted by molar-refractivity contribution is 5.83. The topological polar surface area (TPSA) is 43.9 Å². The number of piperidine rings is 1. The van der Waals surface area contributed by atoms with Crippen LogP contribution in [-0.4, -0.2) is 65.3 Å². The number of nitrogens with zero attached hydrogens (tertiary/aromatic N) is 3. The molecule has 2 saturated heterocycles. The van der Waals surface area contributed by atoms with E-state index in [9.17, 15) is 9.59 Å². The van der Waals surface area contributed by atoms with Crippen LogP contribution >= 0.6 is 0 Å². The summed E-state index contributed by atoms with van der Waals surface area (Å²) in [5.74, 6) is 0.890. The van der Waals surface area contributed by atoms with Gasteiger partial charge in [0.2, 0.25) is 11.8 Å². The van der Waals surface area contributed by atoms with E-state index in [4.69, 9.17) is 0 Å². The summed E-state index contributed by atoms with van der Waals surface area (Å²) in [5, 5.41) is 0.